The highest BCUT2D eigenvalue weighted by molar-refractivity contribution is 7.17. The van der Waals surface area contributed by atoms with Gasteiger partial charge in [0, 0.05) is 11.4 Å². The highest BCUT2D eigenvalue weighted by Gasteiger charge is 2.30. The lowest BCUT2D eigenvalue weighted by Crippen LogP contribution is -2.40. The van der Waals surface area contributed by atoms with Crippen molar-refractivity contribution in [1.82, 2.24) is 10.2 Å². The van der Waals surface area contributed by atoms with Crippen molar-refractivity contribution in [1.29, 1.82) is 0 Å². The number of ether oxygens (including phenoxy) is 1. The number of hydrogen-bond donors (Lipinski definition) is 2. The summed E-state index contributed by atoms with van der Waals surface area (Å²) < 4.78 is 4.98. The molecule has 0 fully saturated rings. The number of nitrogens with one attached hydrogen (secondary N) is 2. The zero-order valence-corrected chi connectivity index (χ0v) is 16.6. The van der Waals surface area contributed by atoms with E-state index < -0.39 is 5.97 Å². The smallest absolute Gasteiger partial charge is 0.346 e. The second kappa shape index (κ2) is 9.20. The minimum atomic E-state index is -0.573. The molecule has 0 atom stereocenters. The lowest BCUT2D eigenvalue weighted by molar-refractivity contribution is -0.115. The number of urea groups is 1. The summed E-state index contributed by atoms with van der Waals surface area (Å²) in [6.07, 6.45) is 3.06. The van der Waals surface area contributed by atoms with Crippen molar-refractivity contribution >= 4 is 34.2 Å². The third-order valence-corrected chi connectivity index (χ3v) is 5.56. The maximum Gasteiger partial charge on any atom is 0.346 e. The Kier molecular flexibility index (Phi) is 6.46. The van der Waals surface area contributed by atoms with Crippen LogP contribution in [0.2, 0.25) is 0 Å². The van der Waals surface area contributed by atoms with E-state index in [9.17, 15) is 14.4 Å². The first kappa shape index (κ1) is 20.3. The SMILES string of the molecule is C=CNC(=O)N1CCc2c(sc(NC(=O)Cc3ccccc3)c2C(=O)OC=C)C1. The molecule has 3 amide bonds. The number of thiophene rings is 1. The summed E-state index contributed by atoms with van der Waals surface area (Å²) >= 11 is 1.28. The van der Waals surface area contributed by atoms with Crippen LogP contribution in [0.1, 0.15) is 26.4 Å². The summed E-state index contributed by atoms with van der Waals surface area (Å²) in [5.41, 5.74) is 1.99. The van der Waals surface area contributed by atoms with Gasteiger partial charge in [-0.05, 0) is 23.7 Å². The van der Waals surface area contributed by atoms with Gasteiger partial charge in [-0.2, -0.15) is 0 Å². The molecule has 1 aromatic heterocycles. The lowest BCUT2D eigenvalue weighted by atomic mass is 10.0. The minimum Gasteiger partial charge on any atom is -0.431 e. The van der Waals surface area contributed by atoms with Crippen molar-refractivity contribution in [2.75, 3.05) is 11.9 Å². The molecule has 8 heteroatoms. The predicted octanol–water partition coefficient (Wildman–Crippen LogP) is 3.44. The third kappa shape index (κ3) is 4.72. The van der Waals surface area contributed by atoms with Crippen molar-refractivity contribution in [3.8, 4) is 0 Å². The molecule has 7 nitrogen and oxygen atoms in total. The normalized spacial score (nSPS) is 12.5. The second-order valence-corrected chi connectivity index (χ2v) is 7.42. The second-order valence-electron chi connectivity index (χ2n) is 6.32. The number of carbonyl (C=O) groups excluding carboxylic acids is 3. The fraction of sp³-hybridized carbons (Fsp3) is 0.190. The van der Waals surface area contributed by atoms with Gasteiger partial charge in [0.05, 0.1) is 24.8 Å². The number of nitrogens with zero attached hydrogens (tertiary/aromatic N) is 1. The van der Waals surface area contributed by atoms with Crippen LogP contribution in [0.4, 0.5) is 9.80 Å². The number of carbonyl (C=O) groups is 3. The molecule has 29 heavy (non-hydrogen) atoms. The molecule has 1 aliphatic heterocycles. The van der Waals surface area contributed by atoms with E-state index in [1.807, 2.05) is 30.3 Å². The van der Waals surface area contributed by atoms with Crippen molar-refractivity contribution in [3.05, 3.63) is 77.5 Å². The molecular formula is C21H21N3O4S. The molecule has 2 N–H and O–H groups in total. The molecule has 0 unspecified atom stereocenters. The Morgan fingerprint density at radius 3 is 2.66 bits per heavy atom. The maximum absolute atomic E-state index is 12.5. The van der Waals surface area contributed by atoms with Crippen molar-refractivity contribution < 1.29 is 19.1 Å². The van der Waals surface area contributed by atoms with E-state index in [1.54, 1.807) is 4.90 Å². The van der Waals surface area contributed by atoms with E-state index in [0.717, 1.165) is 22.3 Å². The molecule has 1 aromatic carbocycles. The van der Waals surface area contributed by atoms with E-state index in [-0.39, 0.29) is 18.4 Å². The highest BCUT2D eigenvalue weighted by Crippen LogP contribution is 2.37. The van der Waals surface area contributed by atoms with Gasteiger partial charge in [0.15, 0.2) is 0 Å². The first-order chi connectivity index (χ1) is 14.0. The summed E-state index contributed by atoms with van der Waals surface area (Å²) in [7, 11) is 0. The molecule has 1 aliphatic rings. The van der Waals surface area contributed by atoms with Crippen LogP contribution in [-0.4, -0.2) is 29.4 Å². The zero-order chi connectivity index (χ0) is 20.8. The molecule has 150 valence electrons. The zero-order valence-electron chi connectivity index (χ0n) is 15.8. The first-order valence-electron chi connectivity index (χ1n) is 9.00. The summed E-state index contributed by atoms with van der Waals surface area (Å²) in [5, 5.41) is 5.81. The molecular weight excluding hydrogens is 390 g/mol. The molecule has 0 bridgehead atoms. The van der Waals surface area contributed by atoms with E-state index in [2.05, 4.69) is 23.8 Å². The number of fused-ring (bicyclic) bond motifs is 1. The third-order valence-electron chi connectivity index (χ3n) is 4.42. The van der Waals surface area contributed by atoms with Crippen molar-refractivity contribution in [2.24, 2.45) is 0 Å². The van der Waals surface area contributed by atoms with Crippen molar-refractivity contribution in [3.63, 3.8) is 0 Å². The number of benzene rings is 1. The number of amides is 3. The fourth-order valence-electron chi connectivity index (χ4n) is 3.15. The molecule has 0 saturated heterocycles. The Balaban J connectivity index is 1.85. The van der Waals surface area contributed by atoms with Gasteiger partial charge >= 0.3 is 12.0 Å². The van der Waals surface area contributed by atoms with Gasteiger partial charge in [0.25, 0.3) is 0 Å². The summed E-state index contributed by atoms with van der Waals surface area (Å²) in [5.74, 6) is -0.805. The van der Waals surface area contributed by atoms with Gasteiger partial charge in [-0.25, -0.2) is 9.59 Å². The van der Waals surface area contributed by atoms with Gasteiger partial charge in [0.1, 0.15) is 5.00 Å². The predicted molar refractivity (Wildman–Crippen MR) is 112 cm³/mol. The molecule has 2 aromatic rings. The Labute approximate surface area is 172 Å². The Morgan fingerprint density at radius 2 is 1.97 bits per heavy atom. The quantitative estimate of drug-likeness (QED) is 0.563. The fourth-order valence-corrected chi connectivity index (χ4v) is 4.41. The molecule has 3 rings (SSSR count). The standard InChI is InChI=1S/C21H21N3O4S/c1-3-22-21(27)24-11-10-15-16(13-24)29-19(18(15)20(26)28-4-2)23-17(25)12-14-8-6-5-7-9-14/h3-9H,1-2,10-13H2,(H,22,27)(H,23,25). The maximum atomic E-state index is 12.5. The van der Waals surface area contributed by atoms with Crippen molar-refractivity contribution in [2.45, 2.75) is 19.4 Å². The molecule has 0 radical (unpaired) electrons. The van der Waals surface area contributed by atoms with E-state index >= 15 is 0 Å². The van der Waals surface area contributed by atoms with Crippen LogP contribution in [-0.2, 0) is 28.9 Å². The van der Waals surface area contributed by atoms with Gasteiger partial charge in [-0.3, -0.25) is 4.79 Å². The van der Waals surface area contributed by atoms with Gasteiger partial charge < -0.3 is 20.3 Å². The highest BCUT2D eigenvalue weighted by atomic mass is 32.1. The number of anilines is 1. The Morgan fingerprint density at radius 1 is 1.21 bits per heavy atom. The molecule has 0 saturated carbocycles. The van der Waals surface area contributed by atoms with Crippen LogP contribution >= 0.6 is 11.3 Å². The number of hydrogen-bond acceptors (Lipinski definition) is 5. The summed E-state index contributed by atoms with van der Waals surface area (Å²) in [4.78, 5) is 39.6. The van der Waals surface area contributed by atoms with Gasteiger partial charge in [0.2, 0.25) is 5.91 Å². The Hall–Kier alpha value is -3.39. The van der Waals surface area contributed by atoms with Crippen LogP contribution in [0, 0.1) is 0 Å². The lowest BCUT2D eigenvalue weighted by Gasteiger charge is -2.26. The van der Waals surface area contributed by atoms with Crippen LogP contribution in [0.5, 0.6) is 0 Å². The largest absolute Gasteiger partial charge is 0.431 e. The summed E-state index contributed by atoms with van der Waals surface area (Å²) in [6.45, 7) is 7.70. The number of esters is 1. The van der Waals surface area contributed by atoms with Crippen LogP contribution in [0.3, 0.4) is 0 Å². The van der Waals surface area contributed by atoms with E-state index in [1.165, 1.54) is 17.5 Å². The minimum absolute atomic E-state index is 0.188. The monoisotopic (exact) mass is 411 g/mol. The van der Waals surface area contributed by atoms with Gasteiger partial charge in [-0.15, -0.1) is 11.3 Å². The Bertz CT molecular complexity index is 952. The summed E-state index contributed by atoms with van der Waals surface area (Å²) in [6, 6.07) is 9.07. The van der Waals surface area contributed by atoms with Crippen LogP contribution < -0.4 is 10.6 Å². The molecule has 2 heterocycles. The average molecular weight is 411 g/mol. The molecule has 0 aliphatic carbocycles. The topological polar surface area (TPSA) is 87.7 Å². The van der Waals surface area contributed by atoms with E-state index in [0.29, 0.717) is 30.1 Å². The number of rotatable bonds is 6. The van der Waals surface area contributed by atoms with Crippen LogP contribution in [0.15, 0.2) is 56.0 Å². The molecule has 0 spiro atoms. The van der Waals surface area contributed by atoms with E-state index in [4.69, 9.17) is 4.74 Å². The van der Waals surface area contributed by atoms with Gasteiger partial charge in [-0.1, -0.05) is 43.5 Å². The average Bonchev–Trinajstić information content (AvgIpc) is 3.05. The first-order valence-corrected chi connectivity index (χ1v) is 9.81. The van der Waals surface area contributed by atoms with Crippen LogP contribution in [0.25, 0.3) is 0 Å².